The third kappa shape index (κ3) is 4.66. The third-order valence-electron chi connectivity index (χ3n) is 4.25. The number of para-hydroxylation sites is 1. The Bertz CT molecular complexity index is 1230. The molecule has 152 valence electrons. The standard InChI is InChI=1S/C22H19N3O4S/c1-15-14-30-22-24-17(11-21(27)25(15)22)12-28-19-9-5-6-16(10-19)23-20(26)13-29-18-7-3-2-4-8-18/h2-11,14H,12-13H2,1H3,(H,23,26). The lowest BCUT2D eigenvalue weighted by molar-refractivity contribution is -0.118. The Morgan fingerprint density at radius 1 is 1.07 bits per heavy atom. The molecule has 0 aliphatic heterocycles. The van der Waals surface area contributed by atoms with E-state index < -0.39 is 0 Å². The van der Waals surface area contributed by atoms with Crippen molar-refractivity contribution in [3.8, 4) is 11.5 Å². The summed E-state index contributed by atoms with van der Waals surface area (Å²) in [6.45, 7) is 1.92. The van der Waals surface area contributed by atoms with E-state index in [1.807, 2.05) is 30.5 Å². The van der Waals surface area contributed by atoms with E-state index in [9.17, 15) is 9.59 Å². The zero-order chi connectivity index (χ0) is 20.9. The first-order valence-corrected chi connectivity index (χ1v) is 10.1. The Labute approximate surface area is 176 Å². The topological polar surface area (TPSA) is 81.9 Å². The molecule has 0 spiro atoms. The highest BCUT2D eigenvalue weighted by Gasteiger charge is 2.08. The number of benzene rings is 2. The van der Waals surface area contributed by atoms with Crippen LogP contribution >= 0.6 is 11.3 Å². The van der Waals surface area contributed by atoms with Gasteiger partial charge in [0.15, 0.2) is 11.6 Å². The van der Waals surface area contributed by atoms with Gasteiger partial charge in [-0.2, -0.15) is 0 Å². The van der Waals surface area contributed by atoms with Crippen molar-refractivity contribution in [1.82, 2.24) is 9.38 Å². The minimum Gasteiger partial charge on any atom is -0.487 e. The maximum atomic E-state index is 12.2. The molecule has 0 atom stereocenters. The van der Waals surface area contributed by atoms with Gasteiger partial charge in [0.25, 0.3) is 11.5 Å². The number of ether oxygens (including phenoxy) is 2. The van der Waals surface area contributed by atoms with Crippen molar-refractivity contribution in [3.05, 3.63) is 87.8 Å². The fourth-order valence-corrected chi connectivity index (χ4v) is 3.75. The van der Waals surface area contributed by atoms with E-state index in [4.69, 9.17) is 9.47 Å². The molecule has 7 nitrogen and oxygen atoms in total. The van der Waals surface area contributed by atoms with Gasteiger partial charge in [0, 0.05) is 28.9 Å². The largest absolute Gasteiger partial charge is 0.487 e. The van der Waals surface area contributed by atoms with Gasteiger partial charge in [-0.1, -0.05) is 24.3 Å². The Balaban J connectivity index is 1.36. The van der Waals surface area contributed by atoms with Crippen molar-refractivity contribution < 1.29 is 14.3 Å². The second kappa shape index (κ2) is 8.79. The Morgan fingerprint density at radius 2 is 1.87 bits per heavy atom. The number of hydrogen-bond acceptors (Lipinski definition) is 6. The molecule has 0 radical (unpaired) electrons. The molecule has 0 fully saturated rings. The minimum absolute atomic E-state index is 0.0940. The number of rotatable bonds is 7. The lowest BCUT2D eigenvalue weighted by Gasteiger charge is -2.10. The van der Waals surface area contributed by atoms with Crippen LogP contribution < -0.4 is 20.3 Å². The highest BCUT2D eigenvalue weighted by molar-refractivity contribution is 7.15. The van der Waals surface area contributed by atoms with Crippen LogP contribution in [0, 0.1) is 6.92 Å². The van der Waals surface area contributed by atoms with E-state index in [2.05, 4.69) is 10.3 Å². The van der Waals surface area contributed by atoms with E-state index in [1.54, 1.807) is 40.8 Å². The number of aryl methyl sites for hydroxylation is 1. The summed E-state index contributed by atoms with van der Waals surface area (Å²) in [7, 11) is 0. The number of carbonyl (C=O) groups is 1. The van der Waals surface area contributed by atoms with Crippen LogP contribution in [0.5, 0.6) is 11.5 Å². The molecule has 0 aliphatic carbocycles. The van der Waals surface area contributed by atoms with Gasteiger partial charge in [0.2, 0.25) is 0 Å². The number of aromatic nitrogens is 2. The van der Waals surface area contributed by atoms with Crippen LogP contribution in [0.1, 0.15) is 11.4 Å². The molecule has 2 aromatic carbocycles. The number of nitrogens with one attached hydrogen (secondary N) is 1. The molecule has 4 rings (SSSR count). The first-order valence-electron chi connectivity index (χ1n) is 9.26. The second-order valence-corrected chi connectivity index (χ2v) is 7.38. The Morgan fingerprint density at radius 3 is 2.70 bits per heavy atom. The van der Waals surface area contributed by atoms with E-state index in [-0.39, 0.29) is 24.7 Å². The average Bonchev–Trinajstić information content (AvgIpc) is 3.13. The highest BCUT2D eigenvalue weighted by atomic mass is 32.1. The molecular formula is C22H19N3O4S. The fourth-order valence-electron chi connectivity index (χ4n) is 2.86. The van der Waals surface area contributed by atoms with Gasteiger partial charge in [0.1, 0.15) is 18.1 Å². The summed E-state index contributed by atoms with van der Waals surface area (Å²) in [6, 6.07) is 17.6. The second-order valence-electron chi connectivity index (χ2n) is 6.55. The zero-order valence-corrected chi connectivity index (χ0v) is 17.0. The van der Waals surface area contributed by atoms with Crippen molar-refractivity contribution in [2.24, 2.45) is 0 Å². The summed E-state index contributed by atoms with van der Waals surface area (Å²) in [5.74, 6) is 0.913. The van der Waals surface area contributed by atoms with E-state index in [0.717, 1.165) is 5.69 Å². The summed E-state index contributed by atoms with van der Waals surface area (Å²) in [6.07, 6.45) is 0. The van der Waals surface area contributed by atoms with Crippen molar-refractivity contribution in [3.63, 3.8) is 0 Å². The molecule has 0 aliphatic rings. The lowest BCUT2D eigenvalue weighted by Crippen LogP contribution is -2.20. The van der Waals surface area contributed by atoms with Crippen molar-refractivity contribution in [1.29, 1.82) is 0 Å². The summed E-state index contributed by atoms with van der Waals surface area (Å²) < 4.78 is 12.8. The molecule has 0 saturated carbocycles. The normalized spacial score (nSPS) is 10.7. The first-order chi connectivity index (χ1) is 14.6. The summed E-state index contributed by atoms with van der Waals surface area (Å²) >= 11 is 1.41. The maximum Gasteiger partial charge on any atom is 0.262 e. The summed E-state index contributed by atoms with van der Waals surface area (Å²) in [5.41, 5.74) is 1.87. The van der Waals surface area contributed by atoms with Crippen LogP contribution in [0.3, 0.4) is 0 Å². The molecule has 1 N–H and O–H groups in total. The predicted molar refractivity (Wildman–Crippen MR) is 115 cm³/mol. The van der Waals surface area contributed by atoms with Gasteiger partial charge >= 0.3 is 0 Å². The van der Waals surface area contributed by atoms with Crippen molar-refractivity contribution in [2.45, 2.75) is 13.5 Å². The highest BCUT2D eigenvalue weighted by Crippen LogP contribution is 2.19. The van der Waals surface area contributed by atoms with Gasteiger partial charge in [-0.3, -0.25) is 14.0 Å². The zero-order valence-electron chi connectivity index (χ0n) is 16.2. The van der Waals surface area contributed by atoms with Gasteiger partial charge in [0.05, 0.1) is 5.69 Å². The SMILES string of the molecule is Cc1csc2nc(COc3cccc(NC(=O)COc4ccccc4)c3)cc(=O)n12. The molecule has 0 bridgehead atoms. The molecule has 8 heteroatoms. The molecule has 2 aromatic heterocycles. The number of thiazole rings is 1. The Hall–Kier alpha value is -3.65. The molecule has 0 unspecified atom stereocenters. The summed E-state index contributed by atoms with van der Waals surface area (Å²) in [4.78, 5) is 29.5. The van der Waals surface area contributed by atoms with Crippen molar-refractivity contribution >= 4 is 27.9 Å². The lowest BCUT2D eigenvalue weighted by atomic mass is 10.3. The van der Waals surface area contributed by atoms with Crippen LogP contribution in [0.4, 0.5) is 5.69 Å². The molecule has 30 heavy (non-hydrogen) atoms. The molecule has 2 heterocycles. The van der Waals surface area contributed by atoms with Crippen LogP contribution in [0.2, 0.25) is 0 Å². The van der Waals surface area contributed by atoms with Gasteiger partial charge in [-0.05, 0) is 31.2 Å². The first kappa shape index (κ1) is 19.7. The number of fused-ring (bicyclic) bond motifs is 1. The fraction of sp³-hybridized carbons (Fsp3) is 0.136. The molecular weight excluding hydrogens is 402 g/mol. The van der Waals surface area contributed by atoms with Crippen molar-refractivity contribution in [2.75, 3.05) is 11.9 Å². The van der Waals surface area contributed by atoms with E-state index in [0.29, 0.717) is 27.8 Å². The number of hydrogen-bond donors (Lipinski definition) is 1. The summed E-state index contributed by atoms with van der Waals surface area (Å²) in [5, 5.41) is 4.67. The average molecular weight is 421 g/mol. The molecule has 4 aromatic rings. The van der Waals surface area contributed by atoms with Crippen LogP contribution in [-0.2, 0) is 11.4 Å². The molecule has 1 amide bonds. The minimum atomic E-state index is -0.274. The van der Waals surface area contributed by atoms with Gasteiger partial charge in [-0.25, -0.2) is 4.98 Å². The van der Waals surface area contributed by atoms with Crippen LogP contribution in [0.25, 0.3) is 4.96 Å². The third-order valence-corrected chi connectivity index (χ3v) is 5.19. The van der Waals surface area contributed by atoms with E-state index >= 15 is 0 Å². The monoisotopic (exact) mass is 421 g/mol. The van der Waals surface area contributed by atoms with Crippen LogP contribution in [0.15, 0.2) is 70.8 Å². The van der Waals surface area contributed by atoms with Crippen LogP contribution in [-0.4, -0.2) is 21.9 Å². The van der Waals surface area contributed by atoms with Gasteiger partial charge < -0.3 is 14.8 Å². The van der Waals surface area contributed by atoms with E-state index in [1.165, 1.54) is 17.4 Å². The number of amides is 1. The number of carbonyl (C=O) groups excluding carboxylic acids is 1. The predicted octanol–water partition coefficient (Wildman–Crippen LogP) is 3.66. The molecule has 0 saturated heterocycles. The quantitative estimate of drug-likeness (QED) is 0.492. The Kier molecular flexibility index (Phi) is 5.76. The van der Waals surface area contributed by atoms with Gasteiger partial charge in [-0.15, -0.1) is 11.3 Å². The number of anilines is 1. The number of nitrogens with zero attached hydrogens (tertiary/aromatic N) is 2. The maximum absolute atomic E-state index is 12.2. The smallest absolute Gasteiger partial charge is 0.262 e.